The molecule has 0 saturated heterocycles. The highest BCUT2D eigenvalue weighted by atomic mass is 15.0. The van der Waals surface area contributed by atoms with Gasteiger partial charge in [0.15, 0.2) is 5.82 Å². The Labute approximate surface area is 145 Å². The predicted molar refractivity (Wildman–Crippen MR) is 102 cm³/mol. The van der Waals surface area contributed by atoms with Gasteiger partial charge in [-0.05, 0) is 30.3 Å². The molecule has 0 aliphatic rings. The Morgan fingerprint density at radius 1 is 0.600 bits per heavy atom. The van der Waals surface area contributed by atoms with E-state index in [4.69, 9.17) is 0 Å². The van der Waals surface area contributed by atoms with Crippen LogP contribution in [0, 0.1) is 0 Å². The lowest BCUT2D eigenvalue weighted by Gasteiger charge is -2.09. The lowest BCUT2D eigenvalue weighted by Crippen LogP contribution is -1.95. The third-order valence-corrected chi connectivity index (χ3v) is 4.51. The van der Waals surface area contributed by atoms with Gasteiger partial charge in [-0.2, -0.15) is 0 Å². The summed E-state index contributed by atoms with van der Waals surface area (Å²) >= 11 is 0. The minimum atomic E-state index is 0.741. The average molecular weight is 321 g/mol. The molecule has 0 amide bonds. The topological polar surface area (TPSA) is 30.7 Å². The van der Waals surface area contributed by atoms with Crippen molar-refractivity contribution in [1.82, 2.24) is 14.5 Å². The van der Waals surface area contributed by atoms with E-state index in [2.05, 4.69) is 81.3 Å². The Bertz CT molecular complexity index is 1140. The van der Waals surface area contributed by atoms with Crippen LogP contribution in [0.5, 0.6) is 0 Å². The SMILES string of the molecule is c1cnc(-c2cccc(-n3c4ccccc4c4ccccc43)c2)nc1. The molecule has 0 unspecified atom stereocenters. The molecule has 0 fully saturated rings. The Morgan fingerprint density at radius 3 is 1.92 bits per heavy atom. The monoisotopic (exact) mass is 321 g/mol. The second kappa shape index (κ2) is 5.56. The Morgan fingerprint density at radius 2 is 1.24 bits per heavy atom. The summed E-state index contributed by atoms with van der Waals surface area (Å²) in [4.78, 5) is 8.75. The molecule has 0 saturated carbocycles. The molecule has 25 heavy (non-hydrogen) atoms. The molecule has 5 aromatic rings. The van der Waals surface area contributed by atoms with Gasteiger partial charge in [-0.1, -0.05) is 48.5 Å². The van der Waals surface area contributed by atoms with Crippen LogP contribution in [-0.4, -0.2) is 14.5 Å². The number of nitrogens with zero attached hydrogens (tertiary/aromatic N) is 3. The molecule has 5 rings (SSSR count). The molecule has 0 spiro atoms. The zero-order valence-electron chi connectivity index (χ0n) is 13.5. The zero-order valence-corrected chi connectivity index (χ0v) is 13.5. The molecule has 2 aromatic heterocycles. The van der Waals surface area contributed by atoms with E-state index >= 15 is 0 Å². The standard InChI is InChI=1S/C22H15N3/c1-3-11-20-18(9-1)19-10-2-4-12-21(19)25(20)17-8-5-7-16(15-17)22-23-13-6-14-24-22/h1-15H. The number of hydrogen-bond donors (Lipinski definition) is 0. The van der Waals surface area contributed by atoms with Crippen LogP contribution in [0.1, 0.15) is 0 Å². The molecular weight excluding hydrogens is 306 g/mol. The van der Waals surface area contributed by atoms with Gasteiger partial charge in [-0.15, -0.1) is 0 Å². The zero-order chi connectivity index (χ0) is 16.6. The molecule has 118 valence electrons. The van der Waals surface area contributed by atoms with Crippen molar-refractivity contribution in [3.8, 4) is 17.1 Å². The maximum absolute atomic E-state index is 4.38. The molecule has 0 aliphatic heterocycles. The summed E-state index contributed by atoms with van der Waals surface area (Å²) in [7, 11) is 0. The van der Waals surface area contributed by atoms with E-state index in [0.717, 1.165) is 17.1 Å². The highest BCUT2D eigenvalue weighted by Gasteiger charge is 2.12. The summed E-state index contributed by atoms with van der Waals surface area (Å²) in [6, 6.07) is 27.3. The van der Waals surface area contributed by atoms with Crippen molar-refractivity contribution < 1.29 is 0 Å². The van der Waals surface area contributed by atoms with Gasteiger partial charge in [0, 0.05) is 34.4 Å². The number of aromatic nitrogens is 3. The third-order valence-electron chi connectivity index (χ3n) is 4.51. The molecule has 3 nitrogen and oxygen atoms in total. The van der Waals surface area contributed by atoms with Crippen molar-refractivity contribution in [3.63, 3.8) is 0 Å². The molecular formula is C22H15N3. The van der Waals surface area contributed by atoms with Gasteiger partial charge < -0.3 is 4.57 Å². The first kappa shape index (κ1) is 13.9. The number of hydrogen-bond acceptors (Lipinski definition) is 2. The van der Waals surface area contributed by atoms with Gasteiger partial charge in [-0.3, -0.25) is 0 Å². The van der Waals surface area contributed by atoms with Crippen LogP contribution in [0.3, 0.4) is 0 Å². The van der Waals surface area contributed by atoms with Gasteiger partial charge in [0.05, 0.1) is 11.0 Å². The Kier molecular flexibility index (Phi) is 3.10. The van der Waals surface area contributed by atoms with E-state index in [1.54, 1.807) is 12.4 Å². The second-order valence-corrected chi connectivity index (χ2v) is 5.99. The van der Waals surface area contributed by atoms with E-state index in [1.807, 2.05) is 12.1 Å². The van der Waals surface area contributed by atoms with Crippen molar-refractivity contribution in [3.05, 3.63) is 91.3 Å². The minimum absolute atomic E-state index is 0.741. The van der Waals surface area contributed by atoms with Crippen molar-refractivity contribution in [1.29, 1.82) is 0 Å². The number of para-hydroxylation sites is 2. The van der Waals surface area contributed by atoms with Crippen molar-refractivity contribution in [2.24, 2.45) is 0 Å². The van der Waals surface area contributed by atoms with Gasteiger partial charge in [0.1, 0.15) is 0 Å². The highest BCUT2D eigenvalue weighted by Crippen LogP contribution is 2.32. The van der Waals surface area contributed by atoms with Crippen LogP contribution in [0.25, 0.3) is 38.9 Å². The summed E-state index contributed by atoms with van der Waals surface area (Å²) < 4.78 is 2.30. The van der Waals surface area contributed by atoms with E-state index in [9.17, 15) is 0 Å². The maximum Gasteiger partial charge on any atom is 0.159 e. The number of rotatable bonds is 2. The van der Waals surface area contributed by atoms with Gasteiger partial charge in [0.25, 0.3) is 0 Å². The fourth-order valence-electron chi connectivity index (χ4n) is 3.43. The van der Waals surface area contributed by atoms with Crippen LogP contribution in [-0.2, 0) is 0 Å². The quantitative estimate of drug-likeness (QED) is 0.445. The highest BCUT2D eigenvalue weighted by molar-refractivity contribution is 6.09. The van der Waals surface area contributed by atoms with E-state index in [-0.39, 0.29) is 0 Å². The molecule has 0 bridgehead atoms. The fraction of sp³-hybridized carbons (Fsp3) is 0. The van der Waals surface area contributed by atoms with Crippen LogP contribution in [0.2, 0.25) is 0 Å². The van der Waals surface area contributed by atoms with Gasteiger partial charge >= 0.3 is 0 Å². The van der Waals surface area contributed by atoms with Crippen LogP contribution < -0.4 is 0 Å². The molecule has 0 N–H and O–H groups in total. The number of benzene rings is 3. The second-order valence-electron chi connectivity index (χ2n) is 5.99. The lowest BCUT2D eigenvalue weighted by atomic mass is 10.2. The molecule has 3 heteroatoms. The first-order valence-corrected chi connectivity index (χ1v) is 8.28. The summed E-state index contributed by atoms with van der Waals surface area (Å²) in [5, 5.41) is 2.53. The smallest absolute Gasteiger partial charge is 0.159 e. The lowest BCUT2D eigenvalue weighted by molar-refractivity contribution is 1.15. The molecule has 3 aromatic carbocycles. The molecule has 0 atom stereocenters. The van der Waals surface area contributed by atoms with E-state index in [1.165, 1.54) is 21.8 Å². The van der Waals surface area contributed by atoms with Crippen molar-refractivity contribution in [2.45, 2.75) is 0 Å². The van der Waals surface area contributed by atoms with Crippen molar-refractivity contribution in [2.75, 3.05) is 0 Å². The average Bonchev–Trinajstić information content (AvgIpc) is 3.03. The van der Waals surface area contributed by atoms with E-state index in [0.29, 0.717) is 0 Å². The van der Waals surface area contributed by atoms with Crippen LogP contribution >= 0.6 is 0 Å². The van der Waals surface area contributed by atoms with Crippen LogP contribution in [0.4, 0.5) is 0 Å². The molecule has 0 aliphatic carbocycles. The molecule has 0 radical (unpaired) electrons. The van der Waals surface area contributed by atoms with Gasteiger partial charge in [0.2, 0.25) is 0 Å². The number of fused-ring (bicyclic) bond motifs is 3. The summed E-state index contributed by atoms with van der Waals surface area (Å²) in [6.45, 7) is 0. The largest absolute Gasteiger partial charge is 0.309 e. The summed E-state index contributed by atoms with van der Waals surface area (Å²) in [5.74, 6) is 0.741. The van der Waals surface area contributed by atoms with E-state index < -0.39 is 0 Å². The summed E-state index contributed by atoms with van der Waals surface area (Å²) in [6.07, 6.45) is 3.55. The minimum Gasteiger partial charge on any atom is -0.309 e. The normalized spacial score (nSPS) is 11.2. The molecule has 2 heterocycles. The Balaban J connectivity index is 1.81. The first-order chi connectivity index (χ1) is 12.4. The maximum atomic E-state index is 4.38. The first-order valence-electron chi connectivity index (χ1n) is 8.28. The third kappa shape index (κ3) is 2.21. The Hall–Kier alpha value is -3.46. The fourth-order valence-corrected chi connectivity index (χ4v) is 3.43. The van der Waals surface area contributed by atoms with Crippen LogP contribution in [0.15, 0.2) is 91.3 Å². The van der Waals surface area contributed by atoms with Crippen molar-refractivity contribution >= 4 is 21.8 Å². The van der Waals surface area contributed by atoms with Gasteiger partial charge in [-0.25, -0.2) is 9.97 Å². The summed E-state index contributed by atoms with van der Waals surface area (Å²) in [5.41, 5.74) is 4.53. The predicted octanol–water partition coefficient (Wildman–Crippen LogP) is 5.24.